The van der Waals surface area contributed by atoms with Crippen LogP contribution in [-0.2, 0) is 6.54 Å². The Labute approximate surface area is 136 Å². The number of hydrogen-bond donors (Lipinski definition) is 2. The number of carbonyl (C=O) groups is 1. The second kappa shape index (κ2) is 7.00. The number of halogens is 3. The van der Waals surface area contributed by atoms with E-state index in [2.05, 4.69) is 5.32 Å². The first-order valence-corrected chi connectivity index (χ1v) is 7.06. The maximum absolute atomic E-state index is 11.9. The number of amides is 2. The van der Waals surface area contributed by atoms with Gasteiger partial charge in [0.1, 0.15) is 0 Å². The zero-order valence-electron chi connectivity index (χ0n) is 10.7. The van der Waals surface area contributed by atoms with Crippen LogP contribution in [0.5, 0.6) is 0 Å². The minimum atomic E-state index is -0.723. The molecule has 0 bridgehead atoms. The van der Waals surface area contributed by atoms with E-state index in [4.69, 9.17) is 34.8 Å². The Morgan fingerprint density at radius 3 is 2.48 bits per heavy atom. The molecule has 2 amide bonds. The first kappa shape index (κ1) is 15.9. The second-order valence-electron chi connectivity index (χ2n) is 4.20. The molecule has 0 atom stereocenters. The fraction of sp³-hybridized carbons (Fsp3) is 0.0714. The zero-order chi connectivity index (χ0) is 15.4. The molecule has 0 saturated heterocycles. The van der Waals surface area contributed by atoms with E-state index < -0.39 is 6.03 Å². The maximum atomic E-state index is 11.9. The lowest BCUT2D eigenvalue weighted by molar-refractivity contribution is -0.0449. The Balaban J connectivity index is 2.04. The Morgan fingerprint density at radius 2 is 1.81 bits per heavy atom. The quantitative estimate of drug-likeness (QED) is 0.603. The van der Waals surface area contributed by atoms with Crippen molar-refractivity contribution in [1.29, 1.82) is 0 Å². The SMILES string of the molecule is O=C(Nc1ccc(Cl)cc1Cl)N(O)Cc1ccccc1Cl. The van der Waals surface area contributed by atoms with E-state index in [0.29, 0.717) is 26.4 Å². The number of nitrogens with one attached hydrogen (secondary N) is 1. The molecule has 0 unspecified atom stereocenters. The van der Waals surface area contributed by atoms with Crippen molar-refractivity contribution in [1.82, 2.24) is 5.06 Å². The smallest absolute Gasteiger partial charge is 0.305 e. The molecule has 110 valence electrons. The Kier molecular flexibility index (Phi) is 5.31. The van der Waals surface area contributed by atoms with Gasteiger partial charge in [-0.05, 0) is 29.8 Å². The van der Waals surface area contributed by atoms with Crippen LogP contribution in [0.25, 0.3) is 0 Å². The topological polar surface area (TPSA) is 52.6 Å². The summed E-state index contributed by atoms with van der Waals surface area (Å²) in [5.74, 6) is 0. The van der Waals surface area contributed by atoms with Crippen LogP contribution in [0.1, 0.15) is 5.56 Å². The maximum Gasteiger partial charge on any atom is 0.345 e. The number of nitrogens with zero attached hydrogens (tertiary/aromatic N) is 1. The average molecular weight is 346 g/mol. The van der Waals surface area contributed by atoms with Gasteiger partial charge in [0.15, 0.2) is 0 Å². The highest BCUT2D eigenvalue weighted by Crippen LogP contribution is 2.25. The first-order valence-electron chi connectivity index (χ1n) is 5.93. The highest BCUT2D eigenvalue weighted by atomic mass is 35.5. The standard InChI is InChI=1S/C14H11Cl3N2O2/c15-10-5-6-13(12(17)7-10)18-14(20)19(21)8-9-3-1-2-4-11(9)16/h1-7,21H,8H2,(H,18,20). The minimum Gasteiger partial charge on any atom is -0.305 e. The van der Waals surface area contributed by atoms with Crippen LogP contribution in [0.3, 0.4) is 0 Å². The van der Waals surface area contributed by atoms with Crippen LogP contribution in [0.15, 0.2) is 42.5 Å². The third-order valence-electron chi connectivity index (χ3n) is 2.69. The summed E-state index contributed by atoms with van der Waals surface area (Å²) in [6, 6.07) is 10.8. The van der Waals surface area contributed by atoms with Gasteiger partial charge in [-0.3, -0.25) is 5.21 Å². The fourth-order valence-electron chi connectivity index (χ4n) is 1.63. The molecular formula is C14H11Cl3N2O2. The average Bonchev–Trinajstić information content (AvgIpc) is 2.44. The van der Waals surface area contributed by atoms with E-state index in [9.17, 15) is 10.0 Å². The van der Waals surface area contributed by atoms with Crippen molar-refractivity contribution in [2.45, 2.75) is 6.54 Å². The van der Waals surface area contributed by atoms with Crippen LogP contribution in [0.2, 0.25) is 15.1 Å². The number of hydrogen-bond acceptors (Lipinski definition) is 2. The molecular weight excluding hydrogens is 335 g/mol. The summed E-state index contributed by atoms with van der Waals surface area (Å²) >= 11 is 17.7. The van der Waals surface area contributed by atoms with Crippen LogP contribution >= 0.6 is 34.8 Å². The lowest BCUT2D eigenvalue weighted by Gasteiger charge is -2.17. The van der Waals surface area contributed by atoms with E-state index in [1.54, 1.807) is 36.4 Å². The number of rotatable bonds is 3. The second-order valence-corrected chi connectivity index (χ2v) is 5.45. The summed E-state index contributed by atoms with van der Waals surface area (Å²) in [5.41, 5.74) is 0.975. The predicted octanol–water partition coefficient (Wildman–Crippen LogP) is 5.07. The lowest BCUT2D eigenvalue weighted by Crippen LogP contribution is -2.31. The van der Waals surface area contributed by atoms with E-state index >= 15 is 0 Å². The predicted molar refractivity (Wildman–Crippen MR) is 84.3 cm³/mol. The number of anilines is 1. The van der Waals surface area contributed by atoms with Gasteiger partial charge in [0, 0.05) is 10.0 Å². The molecule has 2 aromatic carbocycles. The minimum absolute atomic E-state index is 0.0449. The number of hydroxylamine groups is 2. The highest BCUT2D eigenvalue weighted by Gasteiger charge is 2.14. The van der Waals surface area contributed by atoms with Gasteiger partial charge >= 0.3 is 6.03 Å². The highest BCUT2D eigenvalue weighted by molar-refractivity contribution is 6.36. The summed E-state index contributed by atoms with van der Waals surface area (Å²) in [5, 5.41) is 14.0. The van der Waals surface area contributed by atoms with Gasteiger partial charge in [0.05, 0.1) is 17.3 Å². The van der Waals surface area contributed by atoms with Gasteiger partial charge in [-0.15, -0.1) is 0 Å². The molecule has 4 nitrogen and oxygen atoms in total. The fourth-order valence-corrected chi connectivity index (χ4v) is 2.28. The zero-order valence-corrected chi connectivity index (χ0v) is 13.0. The Morgan fingerprint density at radius 1 is 1.10 bits per heavy atom. The molecule has 7 heteroatoms. The monoisotopic (exact) mass is 344 g/mol. The molecule has 2 N–H and O–H groups in total. The number of benzene rings is 2. The molecule has 0 spiro atoms. The Bertz CT molecular complexity index is 664. The summed E-state index contributed by atoms with van der Waals surface area (Å²) in [7, 11) is 0. The molecule has 0 aliphatic carbocycles. The molecule has 0 aromatic heterocycles. The third-order valence-corrected chi connectivity index (χ3v) is 3.60. The summed E-state index contributed by atoms with van der Waals surface area (Å²) in [6.45, 7) is -0.0449. The first-order chi connectivity index (χ1) is 9.97. The van der Waals surface area contributed by atoms with Crippen molar-refractivity contribution in [2.24, 2.45) is 0 Å². The van der Waals surface area contributed by atoms with Crippen molar-refractivity contribution in [2.75, 3.05) is 5.32 Å². The van der Waals surface area contributed by atoms with Gasteiger partial charge in [0.25, 0.3) is 0 Å². The number of urea groups is 1. The van der Waals surface area contributed by atoms with Crippen LogP contribution < -0.4 is 5.32 Å². The summed E-state index contributed by atoms with van der Waals surface area (Å²) in [4.78, 5) is 11.9. The van der Waals surface area contributed by atoms with Crippen molar-refractivity contribution >= 4 is 46.5 Å². The molecule has 0 fully saturated rings. The van der Waals surface area contributed by atoms with Crippen molar-refractivity contribution in [3.8, 4) is 0 Å². The van der Waals surface area contributed by atoms with E-state index in [1.807, 2.05) is 0 Å². The summed E-state index contributed by atoms with van der Waals surface area (Å²) < 4.78 is 0. The summed E-state index contributed by atoms with van der Waals surface area (Å²) in [6.07, 6.45) is 0. The lowest BCUT2D eigenvalue weighted by atomic mass is 10.2. The van der Waals surface area contributed by atoms with E-state index in [0.717, 1.165) is 0 Å². The van der Waals surface area contributed by atoms with Gasteiger partial charge < -0.3 is 5.32 Å². The van der Waals surface area contributed by atoms with Gasteiger partial charge in [-0.25, -0.2) is 9.86 Å². The van der Waals surface area contributed by atoms with Crippen molar-refractivity contribution in [3.63, 3.8) is 0 Å². The molecule has 0 heterocycles. The van der Waals surface area contributed by atoms with Crippen molar-refractivity contribution < 1.29 is 10.0 Å². The molecule has 21 heavy (non-hydrogen) atoms. The molecule has 2 aromatic rings. The van der Waals surface area contributed by atoms with E-state index in [-0.39, 0.29) is 11.6 Å². The van der Waals surface area contributed by atoms with Crippen LogP contribution in [0.4, 0.5) is 10.5 Å². The van der Waals surface area contributed by atoms with Gasteiger partial charge in [0.2, 0.25) is 0 Å². The van der Waals surface area contributed by atoms with Gasteiger partial charge in [-0.2, -0.15) is 0 Å². The van der Waals surface area contributed by atoms with Crippen molar-refractivity contribution in [3.05, 3.63) is 63.1 Å². The molecule has 0 saturated carbocycles. The van der Waals surface area contributed by atoms with Crippen LogP contribution in [-0.4, -0.2) is 16.3 Å². The number of carbonyl (C=O) groups excluding carboxylic acids is 1. The molecule has 0 aliphatic heterocycles. The normalized spacial score (nSPS) is 10.3. The van der Waals surface area contributed by atoms with E-state index in [1.165, 1.54) is 6.07 Å². The molecule has 2 rings (SSSR count). The Hall–Kier alpha value is -1.46. The largest absolute Gasteiger partial charge is 0.345 e. The van der Waals surface area contributed by atoms with Crippen LogP contribution in [0, 0.1) is 0 Å². The molecule has 0 radical (unpaired) electrons. The van der Waals surface area contributed by atoms with Gasteiger partial charge in [-0.1, -0.05) is 53.0 Å². The molecule has 0 aliphatic rings. The third kappa shape index (κ3) is 4.25.